The summed E-state index contributed by atoms with van der Waals surface area (Å²) in [5.74, 6) is 2.37. The van der Waals surface area contributed by atoms with Gasteiger partial charge >= 0.3 is 5.97 Å². The molecule has 0 bridgehead atoms. The van der Waals surface area contributed by atoms with Gasteiger partial charge in [0.25, 0.3) is 0 Å². The number of carbonyl (C=O) groups is 2. The minimum Gasteiger partial charge on any atom is -0.481 e. The fourth-order valence-electron chi connectivity index (χ4n) is 11.6. The van der Waals surface area contributed by atoms with Crippen molar-refractivity contribution >= 4 is 11.8 Å². The molecule has 0 spiro atoms. The van der Waals surface area contributed by atoms with E-state index in [0.717, 1.165) is 44.9 Å². The lowest BCUT2D eigenvalue weighted by Gasteiger charge is -2.71. The molecule has 3 nitrogen and oxygen atoms in total. The van der Waals surface area contributed by atoms with Crippen molar-refractivity contribution in [1.82, 2.24) is 0 Å². The van der Waals surface area contributed by atoms with Crippen LogP contribution in [0.25, 0.3) is 0 Å². The molecule has 0 aliphatic heterocycles. The van der Waals surface area contributed by atoms with Crippen LogP contribution in [0.5, 0.6) is 0 Å². The zero-order valence-electron chi connectivity index (χ0n) is 23.7. The second-order valence-electron chi connectivity index (χ2n) is 15.1. The van der Waals surface area contributed by atoms with E-state index in [1.807, 2.05) is 6.92 Å². The number of hydrogen-bond acceptors (Lipinski definition) is 2. The lowest BCUT2D eigenvalue weighted by molar-refractivity contribution is -0.198. The van der Waals surface area contributed by atoms with Gasteiger partial charge in [-0.25, -0.2) is 0 Å². The molecule has 0 aromatic heterocycles. The Balaban J connectivity index is 1.59. The standard InChI is InChI=1S/C32H50O3/c1-19-11-16-32(27(34)35)18-17-30(7)23(26(32)20(19)2)9-10-25-29(6)14-12-22(21(3)33)28(4,5)24(29)13-15-31(25,30)8/h9,19-20,22,24-26H,10-18H2,1-8H3,(H,34,35)/t19-,20+,22?,24?,25-,26+,29+,30-,31-,32+/m1/s1. The minimum absolute atomic E-state index is 0.0450. The van der Waals surface area contributed by atoms with Crippen LogP contribution in [0.4, 0.5) is 0 Å². The number of carboxylic acids is 1. The molecule has 5 aliphatic carbocycles. The Morgan fingerprint density at radius 3 is 2.20 bits per heavy atom. The third-order valence-electron chi connectivity index (χ3n) is 13.9. The Kier molecular flexibility index (Phi) is 5.62. The van der Waals surface area contributed by atoms with E-state index in [2.05, 4.69) is 54.5 Å². The summed E-state index contributed by atoms with van der Waals surface area (Å²) in [6.45, 7) is 18.9. The van der Waals surface area contributed by atoms with Crippen molar-refractivity contribution in [1.29, 1.82) is 0 Å². The Bertz CT molecular complexity index is 962. The molecule has 3 heteroatoms. The van der Waals surface area contributed by atoms with E-state index in [-0.39, 0.29) is 33.5 Å². The first-order chi connectivity index (χ1) is 16.2. The smallest absolute Gasteiger partial charge is 0.310 e. The molecule has 2 unspecified atom stereocenters. The second-order valence-corrected chi connectivity index (χ2v) is 15.1. The Hall–Kier alpha value is -1.12. The molecule has 10 atom stereocenters. The predicted molar refractivity (Wildman–Crippen MR) is 141 cm³/mol. The summed E-state index contributed by atoms with van der Waals surface area (Å²) >= 11 is 0. The zero-order valence-corrected chi connectivity index (χ0v) is 23.7. The number of carbonyl (C=O) groups excluding carboxylic acids is 1. The quantitative estimate of drug-likeness (QED) is 0.406. The van der Waals surface area contributed by atoms with Gasteiger partial charge in [-0.1, -0.05) is 60.1 Å². The SMILES string of the molecule is CC(=O)C1CC[C@@]2(C)C(CC[C@]3(C)[C@@H]2CC=C2[C@@H]4[C@@H](C)[C@H](C)CC[C@]4(C(=O)O)CC[C@]23C)C1(C)C. The van der Waals surface area contributed by atoms with Crippen LogP contribution in [-0.2, 0) is 9.59 Å². The average molecular weight is 483 g/mol. The minimum atomic E-state index is -0.566. The number of hydrogen-bond donors (Lipinski definition) is 1. The number of ketones is 1. The highest BCUT2D eigenvalue weighted by atomic mass is 16.4. The fraction of sp³-hybridized carbons (Fsp3) is 0.875. The van der Waals surface area contributed by atoms with Crippen LogP contribution in [0.3, 0.4) is 0 Å². The van der Waals surface area contributed by atoms with Gasteiger partial charge in [-0.15, -0.1) is 0 Å². The van der Waals surface area contributed by atoms with Crippen LogP contribution in [0.1, 0.15) is 113 Å². The van der Waals surface area contributed by atoms with Gasteiger partial charge in [0.1, 0.15) is 5.78 Å². The van der Waals surface area contributed by atoms with E-state index in [9.17, 15) is 14.7 Å². The van der Waals surface area contributed by atoms with Crippen molar-refractivity contribution in [2.75, 3.05) is 0 Å². The van der Waals surface area contributed by atoms with Gasteiger partial charge in [0.2, 0.25) is 0 Å². The molecule has 0 amide bonds. The first kappa shape index (κ1) is 25.5. The van der Waals surface area contributed by atoms with Crippen molar-refractivity contribution in [2.24, 2.45) is 62.6 Å². The summed E-state index contributed by atoms with van der Waals surface area (Å²) in [6, 6.07) is 0. The molecule has 0 aromatic carbocycles. The van der Waals surface area contributed by atoms with Crippen molar-refractivity contribution in [2.45, 2.75) is 113 Å². The summed E-state index contributed by atoms with van der Waals surface area (Å²) < 4.78 is 0. The van der Waals surface area contributed by atoms with Crippen LogP contribution in [0.15, 0.2) is 11.6 Å². The summed E-state index contributed by atoms with van der Waals surface area (Å²) in [4.78, 5) is 25.4. The molecule has 0 saturated heterocycles. The molecular formula is C32H50O3. The third kappa shape index (κ3) is 3.02. The number of allylic oxidation sites excluding steroid dienone is 2. The molecule has 0 radical (unpaired) electrons. The zero-order chi connectivity index (χ0) is 25.8. The number of rotatable bonds is 2. The molecule has 5 aliphatic rings. The van der Waals surface area contributed by atoms with Crippen LogP contribution in [-0.4, -0.2) is 16.9 Å². The van der Waals surface area contributed by atoms with Gasteiger partial charge in [-0.05, 0) is 116 Å². The van der Waals surface area contributed by atoms with Gasteiger partial charge < -0.3 is 5.11 Å². The highest BCUT2D eigenvalue weighted by Crippen LogP contribution is 2.76. The summed E-state index contributed by atoms with van der Waals surface area (Å²) in [5, 5.41) is 10.6. The summed E-state index contributed by atoms with van der Waals surface area (Å²) in [7, 11) is 0. The summed E-state index contributed by atoms with van der Waals surface area (Å²) in [5.41, 5.74) is 1.49. The van der Waals surface area contributed by atoms with Gasteiger partial charge in [-0.2, -0.15) is 0 Å². The largest absolute Gasteiger partial charge is 0.481 e. The highest BCUT2D eigenvalue weighted by Gasteiger charge is 2.69. The van der Waals surface area contributed by atoms with E-state index in [1.54, 1.807) is 0 Å². The maximum Gasteiger partial charge on any atom is 0.310 e. The molecule has 4 saturated carbocycles. The van der Waals surface area contributed by atoms with Crippen molar-refractivity contribution in [3.8, 4) is 0 Å². The van der Waals surface area contributed by atoms with Crippen LogP contribution in [0, 0.1) is 62.6 Å². The van der Waals surface area contributed by atoms with Crippen molar-refractivity contribution < 1.29 is 14.7 Å². The lowest BCUT2D eigenvalue weighted by atomic mass is 9.33. The third-order valence-corrected chi connectivity index (χ3v) is 13.9. The monoisotopic (exact) mass is 482 g/mol. The normalized spacial score (nSPS) is 52.7. The van der Waals surface area contributed by atoms with E-state index < -0.39 is 11.4 Å². The van der Waals surface area contributed by atoms with E-state index >= 15 is 0 Å². The first-order valence-electron chi connectivity index (χ1n) is 14.6. The first-order valence-corrected chi connectivity index (χ1v) is 14.6. The number of fused-ring (bicyclic) bond motifs is 7. The van der Waals surface area contributed by atoms with Gasteiger partial charge in [0.15, 0.2) is 0 Å². The van der Waals surface area contributed by atoms with E-state index in [0.29, 0.717) is 29.5 Å². The van der Waals surface area contributed by atoms with Crippen LogP contribution in [0.2, 0.25) is 0 Å². The molecule has 4 fully saturated rings. The maximum atomic E-state index is 12.8. The number of carboxylic acid groups (broad SMARTS) is 1. The molecule has 5 rings (SSSR count). The van der Waals surface area contributed by atoms with E-state index in [1.165, 1.54) is 18.4 Å². The Morgan fingerprint density at radius 1 is 0.886 bits per heavy atom. The molecule has 0 heterocycles. The molecule has 35 heavy (non-hydrogen) atoms. The van der Waals surface area contributed by atoms with E-state index in [4.69, 9.17) is 0 Å². The second kappa shape index (κ2) is 7.70. The molecular weight excluding hydrogens is 432 g/mol. The molecule has 1 N–H and O–H groups in total. The molecule has 196 valence electrons. The number of Topliss-reactive ketones (excluding diaryl/α,β-unsaturated/α-hetero) is 1. The Labute approximate surface area is 213 Å². The molecule has 0 aromatic rings. The highest BCUT2D eigenvalue weighted by molar-refractivity contribution is 5.79. The van der Waals surface area contributed by atoms with Crippen LogP contribution >= 0.6 is 0 Å². The van der Waals surface area contributed by atoms with Gasteiger partial charge in [-0.3, -0.25) is 9.59 Å². The van der Waals surface area contributed by atoms with Crippen molar-refractivity contribution in [3.63, 3.8) is 0 Å². The average Bonchev–Trinajstić information content (AvgIpc) is 2.75. The number of aliphatic carboxylic acids is 1. The van der Waals surface area contributed by atoms with Crippen LogP contribution < -0.4 is 0 Å². The van der Waals surface area contributed by atoms with Gasteiger partial charge in [0.05, 0.1) is 5.41 Å². The maximum absolute atomic E-state index is 12.8. The lowest BCUT2D eigenvalue weighted by Crippen LogP contribution is -2.65. The summed E-state index contributed by atoms with van der Waals surface area (Å²) in [6.07, 6.45) is 12.0. The topological polar surface area (TPSA) is 54.4 Å². The van der Waals surface area contributed by atoms with Gasteiger partial charge in [0, 0.05) is 5.92 Å². The predicted octanol–water partition coefficient (Wildman–Crippen LogP) is 7.93. The van der Waals surface area contributed by atoms with Crippen molar-refractivity contribution in [3.05, 3.63) is 11.6 Å². The fourth-order valence-corrected chi connectivity index (χ4v) is 11.6. The Morgan fingerprint density at radius 2 is 1.57 bits per heavy atom.